The van der Waals surface area contributed by atoms with Gasteiger partial charge in [-0.1, -0.05) is 40.8 Å². The molecule has 3 atom stereocenters. The quantitative estimate of drug-likeness (QED) is 0.163. The van der Waals surface area contributed by atoms with Gasteiger partial charge in [0.2, 0.25) is 11.8 Å². The number of hydrogen-bond donors (Lipinski definition) is 2. The van der Waals surface area contributed by atoms with Crippen molar-refractivity contribution in [3.05, 3.63) is 97.4 Å². The number of halogens is 1. The van der Waals surface area contributed by atoms with Crippen molar-refractivity contribution in [2.75, 3.05) is 30.0 Å². The van der Waals surface area contributed by atoms with Gasteiger partial charge in [-0.25, -0.2) is 9.69 Å². The summed E-state index contributed by atoms with van der Waals surface area (Å²) in [4.78, 5) is 69.1. The zero-order valence-electron chi connectivity index (χ0n) is 25.1. The number of thioether (sulfide) groups is 1. The van der Waals surface area contributed by atoms with E-state index in [1.165, 1.54) is 16.7 Å². The Kier molecular flexibility index (Phi) is 9.39. The van der Waals surface area contributed by atoms with Gasteiger partial charge in [-0.2, -0.15) is 0 Å². The zero-order valence-corrected chi connectivity index (χ0v) is 27.5. The lowest BCUT2D eigenvalue weighted by Crippen LogP contribution is -2.32. The second kappa shape index (κ2) is 13.6. The van der Waals surface area contributed by atoms with Gasteiger partial charge in [-0.3, -0.25) is 19.2 Å². The highest BCUT2D eigenvalue weighted by molar-refractivity contribution is 8.00. The van der Waals surface area contributed by atoms with Crippen molar-refractivity contribution >= 4 is 69.8 Å². The van der Waals surface area contributed by atoms with Crippen molar-refractivity contribution in [1.29, 1.82) is 0 Å². The fourth-order valence-electron chi connectivity index (χ4n) is 5.57. The van der Waals surface area contributed by atoms with Gasteiger partial charge < -0.3 is 24.5 Å². The number of carbonyl (C=O) groups excluding carboxylic acids is 4. The highest BCUT2D eigenvalue weighted by Gasteiger charge is 2.56. The van der Waals surface area contributed by atoms with Crippen LogP contribution in [0, 0.1) is 5.92 Å². The molecular weight excluding hydrogens is 666 g/mol. The molecule has 2 N–H and O–H groups in total. The molecule has 47 heavy (non-hydrogen) atoms. The van der Waals surface area contributed by atoms with E-state index >= 15 is 0 Å². The number of aromatic amines is 1. The molecule has 11 nitrogen and oxygen atoms in total. The molecule has 6 rings (SSSR count). The van der Waals surface area contributed by atoms with Crippen molar-refractivity contribution in [3.63, 3.8) is 0 Å². The maximum absolute atomic E-state index is 14.0. The number of imide groups is 1. The minimum Gasteiger partial charge on any atom is -0.490 e. The van der Waals surface area contributed by atoms with Crippen LogP contribution in [0.2, 0.25) is 5.02 Å². The first-order valence-corrected chi connectivity index (χ1v) is 16.8. The number of carbonyl (C=O) groups is 4. The molecule has 3 heterocycles. The molecule has 3 amide bonds. The lowest BCUT2D eigenvalue weighted by Gasteiger charge is -2.30. The maximum Gasteiger partial charge on any atom is 0.338 e. The molecule has 2 unspecified atom stereocenters. The van der Waals surface area contributed by atoms with Crippen molar-refractivity contribution < 1.29 is 33.4 Å². The summed E-state index contributed by atoms with van der Waals surface area (Å²) in [5, 5.41) is 2.99. The van der Waals surface area contributed by atoms with Gasteiger partial charge in [0, 0.05) is 21.5 Å². The largest absolute Gasteiger partial charge is 0.490 e. The Labute approximate surface area is 282 Å². The molecular formula is C33H28ClN3O8S2. The molecule has 242 valence electrons. The smallest absolute Gasteiger partial charge is 0.338 e. The summed E-state index contributed by atoms with van der Waals surface area (Å²) in [5.74, 6) is -2.42. The van der Waals surface area contributed by atoms with Crippen LogP contribution in [0.1, 0.15) is 40.6 Å². The number of ether oxygens (including phenoxy) is 3. The van der Waals surface area contributed by atoms with Crippen LogP contribution < -0.4 is 24.6 Å². The van der Waals surface area contributed by atoms with Crippen LogP contribution in [0.3, 0.4) is 0 Å². The number of amides is 3. The summed E-state index contributed by atoms with van der Waals surface area (Å²) in [6, 6.07) is 17.9. The average molecular weight is 694 g/mol. The normalized spacial score (nSPS) is 18.4. The van der Waals surface area contributed by atoms with Gasteiger partial charge in [0.1, 0.15) is 5.25 Å². The van der Waals surface area contributed by atoms with E-state index < -0.39 is 29.0 Å². The molecule has 0 bridgehead atoms. The van der Waals surface area contributed by atoms with Gasteiger partial charge in [0.05, 0.1) is 35.4 Å². The lowest BCUT2D eigenvalue weighted by atomic mass is 9.83. The molecule has 1 fully saturated rings. The van der Waals surface area contributed by atoms with Crippen LogP contribution in [-0.4, -0.2) is 53.7 Å². The molecule has 3 aromatic carbocycles. The van der Waals surface area contributed by atoms with E-state index in [-0.39, 0.29) is 36.5 Å². The van der Waals surface area contributed by atoms with Gasteiger partial charge in [-0.05, 0) is 80.1 Å². The zero-order chi connectivity index (χ0) is 33.2. The first-order valence-electron chi connectivity index (χ1n) is 14.7. The van der Waals surface area contributed by atoms with E-state index in [4.69, 9.17) is 25.8 Å². The monoisotopic (exact) mass is 693 g/mol. The molecule has 4 aromatic rings. The van der Waals surface area contributed by atoms with Crippen molar-refractivity contribution in [2.24, 2.45) is 5.92 Å². The molecule has 0 spiro atoms. The Morgan fingerprint density at radius 1 is 0.915 bits per heavy atom. The summed E-state index contributed by atoms with van der Waals surface area (Å²) in [7, 11) is 0. The predicted octanol–water partition coefficient (Wildman–Crippen LogP) is 5.48. The minimum absolute atomic E-state index is 0.260. The molecule has 14 heteroatoms. The van der Waals surface area contributed by atoms with Gasteiger partial charge in [0.15, 0.2) is 18.1 Å². The second-order valence-electron chi connectivity index (χ2n) is 10.5. The predicted molar refractivity (Wildman–Crippen MR) is 178 cm³/mol. The Bertz CT molecular complexity index is 1910. The van der Waals surface area contributed by atoms with E-state index in [0.717, 1.165) is 11.3 Å². The number of benzene rings is 3. The molecule has 1 aromatic heterocycles. The van der Waals surface area contributed by atoms with E-state index in [2.05, 4.69) is 10.3 Å². The van der Waals surface area contributed by atoms with Crippen molar-refractivity contribution in [2.45, 2.75) is 30.0 Å². The van der Waals surface area contributed by atoms with Crippen LogP contribution in [0.15, 0.2) is 76.6 Å². The summed E-state index contributed by atoms with van der Waals surface area (Å²) in [5.41, 5.74) is 1.91. The summed E-state index contributed by atoms with van der Waals surface area (Å²) >= 11 is 8.24. The van der Waals surface area contributed by atoms with Crippen LogP contribution in [0.5, 0.6) is 11.5 Å². The standard InChI is InChI=1S/C33H28ClN3O8S2/c1-3-43-23-15-18(7-14-22(23)45-16-24(38)35-20-10-5-17(6-11-20)32(41)44-4-2)25-26-28(46-29-27(25)47-33(42)36-29)31(40)37(30(26)39)21-12-8-19(34)9-13-21/h5-15,25-26,28H,3-4,16H2,1-2H3,(H,35,38)(H,36,42)/t25-,26?,28?/m1/s1. The molecule has 2 aliphatic heterocycles. The van der Waals surface area contributed by atoms with Crippen LogP contribution >= 0.6 is 34.7 Å². The van der Waals surface area contributed by atoms with Gasteiger partial charge >= 0.3 is 10.8 Å². The van der Waals surface area contributed by atoms with Crippen molar-refractivity contribution in [1.82, 2.24) is 4.98 Å². The number of rotatable bonds is 10. The Morgan fingerprint density at radius 3 is 2.36 bits per heavy atom. The Hall–Kier alpha value is -4.59. The minimum atomic E-state index is -0.788. The SMILES string of the molecule is CCOC(=O)c1ccc(NC(=O)COc2ccc([C@H]3c4sc(=O)[nH]c4SC4C(=O)N(c5ccc(Cl)cc5)C(=O)C43)cc2OCC)cc1. The number of H-pyrrole nitrogens is 1. The molecule has 0 radical (unpaired) electrons. The topological polar surface area (TPSA) is 144 Å². The lowest BCUT2D eigenvalue weighted by molar-refractivity contribution is -0.122. The average Bonchev–Trinajstić information content (AvgIpc) is 3.55. The fourth-order valence-corrected chi connectivity index (χ4v) is 8.21. The van der Waals surface area contributed by atoms with Crippen LogP contribution in [-0.2, 0) is 19.1 Å². The van der Waals surface area contributed by atoms with Gasteiger partial charge in [-0.15, -0.1) is 0 Å². The molecule has 2 aliphatic rings. The number of aromatic nitrogens is 1. The fraction of sp³-hybridized carbons (Fsp3) is 0.242. The third-order valence-electron chi connectivity index (χ3n) is 7.57. The molecule has 0 saturated carbocycles. The molecule has 1 saturated heterocycles. The second-order valence-corrected chi connectivity index (χ2v) is 13.1. The highest BCUT2D eigenvalue weighted by atomic mass is 35.5. The maximum atomic E-state index is 14.0. The number of nitrogens with zero attached hydrogens (tertiary/aromatic N) is 1. The van der Waals surface area contributed by atoms with E-state index in [1.54, 1.807) is 80.6 Å². The third kappa shape index (κ3) is 6.51. The van der Waals surface area contributed by atoms with E-state index in [9.17, 15) is 24.0 Å². The highest BCUT2D eigenvalue weighted by Crippen LogP contribution is 2.53. The van der Waals surface area contributed by atoms with Crippen LogP contribution in [0.25, 0.3) is 0 Å². The number of thiazole rings is 1. The summed E-state index contributed by atoms with van der Waals surface area (Å²) in [6.07, 6.45) is 0. The Balaban J connectivity index is 1.24. The summed E-state index contributed by atoms with van der Waals surface area (Å²) < 4.78 is 16.7. The third-order valence-corrected chi connectivity index (χ3v) is 10.2. The number of esters is 1. The molecule has 0 aliphatic carbocycles. The number of hydrogen-bond acceptors (Lipinski definition) is 10. The van der Waals surface area contributed by atoms with Gasteiger partial charge in [0.25, 0.3) is 5.91 Å². The first-order chi connectivity index (χ1) is 22.7. The van der Waals surface area contributed by atoms with Crippen LogP contribution in [0.4, 0.5) is 11.4 Å². The van der Waals surface area contributed by atoms with E-state index in [1.807, 2.05) is 0 Å². The van der Waals surface area contributed by atoms with Crippen molar-refractivity contribution in [3.8, 4) is 11.5 Å². The van der Waals surface area contributed by atoms with E-state index in [0.29, 0.717) is 48.9 Å². The number of fused-ring (bicyclic) bond motifs is 2. The summed E-state index contributed by atoms with van der Waals surface area (Å²) in [6.45, 7) is 3.73. The first kappa shape index (κ1) is 32.4. The Morgan fingerprint density at radius 2 is 1.66 bits per heavy atom. The number of nitrogens with one attached hydrogen (secondary N) is 2. The number of anilines is 2.